The maximum absolute atomic E-state index is 10.7. The van der Waals surface area contributed by atoms with E-state index in [1.54, 1.807) is 0 Å². The lowest BCUT2D eigenvalue weighted by molar-refractivity contribution is -0.153. The van der Waals surface area contributed by atoms with Gasteiger partial charge >= 0.3 is 5.97 Å². The van der Waals surface area contributed by atoms with Crippen LogP contribution in [0.2, 0.25) is 0 Å². The number of aliphatic hydroxyl groups excluding tert-OH is 1. The standard InChI is InChI=1S/C8H14O3/c9-6-8(7(10)11)4-2-1-3-5-8/h9H,1-6H2,(H,10,11). The van der Waals surface area contributed by atoms with Gasteiger partial charge in [-0.05, 0) is 12.8 Å². The van der Waals surface area contributed by atoms with Crippen LogP contribution < -0.4 is 0 Å². The Bertz CT molecular complexity index is 147. The van der Waals surface area contributed by atoms with Crippen LogP contribution in [0.5, 0.6) is 0 Å². The second-order valence-corrected chi connectivity index (χ2v) is 3.30. The van der Waals surface area contributed by atoms with Crippen molar-refractivity contribution in [1.29, 1.82) is 0 Å². The summed E-state index contributed by atoms with van der Waals surface area (Å²) in [5.41, 5.74) is -0.807. The lowest BCUT2D eigenvalue weighted by atomic mass is 9.75. The average Bonchev–Trinajstić information content (AvgIpc) is 2.05. The van der Waals surface area contributed by atoms with Gasteiger partial charge in [0.05, 0.1) is 12.0 Å². The van der Waals surface area contributed by atoms with Crippen molar-refractivity contribution in [2.45, 2.75) is 32.1 Å². The van der Waals surface area contributed by atoms with Crippen molar-refractivity contribution < 1.29 is 15.0 Å². The topological polar surface area (TPSA) is 57.5 Å². The van der Waals surface area contributed by atoms with Crippen LogP contribution in [0.25, 0.3) is 0 Å². The van der Waals surface area contributed by atoms with Gasteiger partial charge in [0.2, 0.25) is 0 Å². The Morgan fingerprint density at radius 2 is 1.82 bits per heavy atom. The first-order chi connectivity index (χ1) is 5.21. The molecule has 64 valence electrons. The van der Waals surface area contributed by atoms with Crippen LogP contribution in [0.3, 0.4) is 0 Å². The second-order valence-electron chi connectivity index (χ2n) is 3.30. The van der Waals surface area contributed by atoms with Crippen LogP contribution in [0, 0.1) is 5.41 Å². The van der Waals surface area contributed by atoms with Crippen LogP contribution in [-0.2, 0) is 4.79 Å². The highest BCUT2D eigenvalue weighted by Crippen LogP contribution is 2.35. The van der Waals surface area contributed by atoms with E-state index in [1.807, 2.05) is 0 Å². The molecule has 1 aliphatic rings. The Kier molecular flexibility index (Phi) is 2.49. The molecule has 0 saturated heterocycles. The molecule has 1 aliphatic carbocycles. The molecule has 2 N–H and O–H groups in total. The zero-order chi connectivity index (χ0) is 8.32. The molecule has 1 rings (SSSR count). The number of carbonyl (C=O) groups is 1. The van der Waals surface area contributed by atoms with E-state index in [-0.39, 0.29) is 6.61 Å². The van der Waals surface area contributed by atoms with E-state index < -0.39 is 11.4 Å². The number of hydrogen-bond acceptors (Lipinski definition) is 2. The van der Waals surface area contributed by atoms with Gasteiger partial charge in [0.15, 0.2) is 0 Å². The molecule has 1 saturated carbocycles. The average molecular weight is 158 g/mol. The highest BCUT2D eigenvalue weighted by Gasteiger charge is 2.38. The maximum Gasteiger partial charge on any atom is 0.311 e. The first-order valence-electron chi connectivity index (χ1n) is 4.05. The minimum Gasteiger partial charge on any atom is -0.481 e. The third kappa shape index (κ3) is 1.53. The molecule has 0 aliphatic heterocycles. The largest absolute Gasteiger partial charge is 0.481 e. The van der Waals surface area contributed by atoms with Crippen LogP contribution >= 0.6 is 0 Å². The molecule has 0 aromatic carbocycles. The number of carboxylic acids is 1. The molecule has 0 aromatic rings. The fraction of sp³-hybridized carbons (Fsp3) is 0.875. The summed E-state index contributed by atoms with van der Waals surface area (Å²) in [6.45, 7) is -0.206. The van der Waals surface area contributed by atoms with Crippen molar-refractivity contribution in [2.75, 3.05) is 6.61 Å². The summed E-state index contributed by atoms with van der Waals surface area (Å²) in [6.07, 6.45) is 4.26. The molecular formula is C8H14O3. The van der Waals surface area contributed by atoms with E-state index >= 15 is 0 Å². The Morgan fingerprint density at radius 1 is 1.27 bits per heavy atom. The summed E-state index contributed by atoms with van der Waals surface area (Å²) >= 11 is 0. The molecule has 0 unspecified atom stereocenters. The van der Waals surface area contributed by atoms with Crippen molar-refractivity contribution in [3.05, 3.63) is 0 Å². The molecule has 0 bridgehead atoms. The number of aliphatic carboxylic acids is 1. The Balaban J connectivity index is 2.64. The zero-order valence-electron chi connectivity index (χ0n) is 6.55. The highest BCUT2D eigenvalue weighted by molar-refractivity contribution is 5.74. The summed E-state index contributed by atoms with van der Waals surface area (Å²) in [4.78, 5) is 10.7. The van der Waals surface area contributed by atoms with Crippen molar-refractivity contribution in [2.24, 2.45) is 5.41 Å². The molecule has 1 fully saturated rings. The van der Waals surface area contributed by atoms with Gasteiger partial charge in [-0.1, -0.05) is 19.3 Å². The van der Waals surface area contributed by atoms with E-state index in [2.05, 4.69) is 0 Å². The third-order valence-corrected chi connectivity index (χ3v) is 2.57. The number of aliphatic hydroxyl groups is 1. The number of carboxylic acid groups (broad SMARTS) is 1. The summed E-state index contributed by atoms with van der Waals surface area (Å²) in [5, 5.41) is 17.8. The summed E-state index contributed by atoms with van der Waals surface area (Å²) in [7, 11) is 0. The molecule has 0 spiro atoms. The Morgan fingerprint density at radius 3 is 2.09 bits per heavy atom. The van der Waals surface area contributed by atoms with Gasteiger partial charge in [0.1, 0.15) is 0 Å². The van der Waals surface area contributed by atoms with Crippen molar-refractivity contribution >= 4 is 5.97 Å². The van der Waals surface area contributed by atoms with Crippen LogP contribution in [-0.4, -0.2) is 22.8 Å². The highest BCUT2D eigenvalue weighted by atomic mass is 16.4. The van der Waals surface area contributed by atoms with Crippen molar-refractivity contribution in [1.82, 2.24) is 0 Å². The molecular weight excluding hydrogens is 144 g/mol. The lowest BCUT2D eigenvalue weighted by Crippen LogP contribution is -2.36. The van der Waals surface area contributed by atoms with Gasteiger partial charge < -0.3 is 10.2 Å². The molecule has 3 heteroatoms. The van der Waals surface area contributed by atoms with E-state index in [9.17, 15) is 4.79 Å². The van der Waals surface area contributed by atoms with Gasteiger partial charge in [0.25, 0.3) is 0 Å². The fourth-order valence-corrected chi connectivity index (χ4v) is 1.67. The monoisotopic (exact) mass is 158 g/mol. The fourth-order valence-electron chi connectivity index (χ4n) is 1.67. The molecule has 3 nitrogen and oxygen atoms in total. The molecule has 11 heavy (non-hydrogen) atoms. The first kappa shape index (κ1) is 8.53. The minimum atomic E-state index is -0.834. The lowest BCUT2D eigenvalue weighted by Gasteiger charge is -2.30. The van der Waals surface area contributed by atoms with E-state index in [4.69, 9.17) is 10.2 Å². The molecule has 0 aromatic heterocycles. The van der Waals surface area contributed by atoms with Gasteiger partial charge in [0, 0.05) is 0 Å². The first-order valence-corrected chi connectivity index (χ1v) is 4.05. The third-order valence-electron chi connectivity index (χ3n) is 2.57. The maximum atomic E-state index is 10.7. The smallest absolute Gasteiger partial charge is 0.311 e. The van der Waals surface area contributed by atoms with Crippen LogP contribution in [0.1, 0.15) is 32.1 Å². The van der Waals surface area contributed by atoms with Crippen molar-refractivity contribution in [3.63, 3.8) is 0 Å². The SMILES string of the molecule is O=C(O)C1(CO)CCCCC1. The molecule has 0 radical (unpaired) electrons. The van der Waals surface area contributed by atoms with E-state index in [1.165, 1.54) is 0 Å². The molecule has 0 atom stereocenters. The predicted octanol–water partition coefficient (Wildman–Crippen LogP) is 1.01. The number of rotatable bonds is 2. The number of hydrogen-bond donors (Lipinski definition) is 2. The van der Waals surface area contributed by atoms with Gasteiger partial charge in [-0.2, -0.15) is 0 Å². The zero-order valence-corrected chi connectivity index (χ0v) is 6.55. The summed E-state index contributed by atoms with van der Waals surface area (Å²) in [5.74, 6) is -0.834. The second kappa shape index (κ2) is 3.22. The van der Waals surface area contributed by atoms with Gasteiger partial charge in [-0.3, -0.25) is 4.79 Å². The van der Waals surface area contributed by atoms with Gasteiger partial charge in [-0.25, -0.2) is 0 Å². The molecule has 0 heterocycles. The Labute approximate surface area is 66.0 Å². The Hall–Kier alpha value is -0.570. The van der Waals surface area contributed by atoms with Crippen LogP contribution in [0.15, 0.2) is 0 Å². The quantitative estimate of drug-likeness (QED) is 0.630. The van der Waals surface area contributed by atoms with Crippen molar-refractivity contribution in [3.8, 4) is 0 Å². The van der Waals surface area contributed by atoms with E-state index in [0.717, 1.165) is 19.3 Å². The van der Waals surface area contributed by atoms with Gasteiger partial charge in [-0.15, -0.1) is 0 Å². The predicted molar refractivity (Wildman–Crippen MR) is 40.2 cm³/mol. The minimum absolute atomic E-state index is 0.206. The van der Waals surface area contributed by atoms with Crippen LogP contribution in [0.4, 0.5) is 0 Å². The molecule has 0 amide bonds. The normalized spacial score (nSPS) is 23.0. The summed E-state index contributed by atoms with van der Waals surface area (Å²) < 4.78 is 0. The summed E-state index contributed by atoms with van der Waals surface area (Å²) in [6, 6.07) is 0. The van der Waals surface area contributed by atoms with E-state index in [0.29, 0.717) is 12.8 Å².